The van der Waals surface area contributed by atoms with Gasteiger partial charge in [0.1, 0.15) is 5.01 Å². The maximum atomic E-state index is 5.11. The second-order valence-corrected chi connectivity index (χ2v) is 4.64. The number of aromatic nitrogens is 1. The highest BCUT2D eigenvalue weighted by Gasteiger charge is 2.23. The molecule has 5 heteroatoms. The average molecular weight is 230 g/mol. The molecule has 1 heterocycles. The topological polar surface area (TPSA) is 43.4 Å². The van der Waals surface area contributed by atoms with E-state index in [1.807, 2.05) is 11.6 Å². The van der Waals surface area contributed by atoms with Crippen molar-refractivity contribution in [1.82, 2.24) is 10.3 Å². The number of thiazole rings is 1. The van der Waals surface area contributed by atoms with Gasteiger partial charge >= 0.3 is 0 Å². The predicted molar refractivity (Wildman–Crippen MR) is 60.9 cm³/mol. The molecule has 4 nitrogen and oxygen atoms in total. The molecule has 0 spiro atoms. The van der Waals surface area contributed by atoms with E-state index in [0.717, 1.165) is 5.01 Å². The second-order valence-electron chi connectivity index (χ2n) is 3.74. The quantitative estimate of drug-likeness (QED) is 0.754. The summed E-state index contributed by atoms with van der Waals surface area (Å²) in [5.41, 5.74) is -0.149. The third-order valence-electron chi connectivity index (χ3n) is 2.20. The molecule has 1 aromatic heterocycles. The molecule has 0 saturated heterocycles. The molecule has 0 saturated carbocycles. The smallest absolute Gasteiger partial charge is 0.169 e. The van der Waals surface area contributed by atoms with Crippen molar-refractivity contribution in [2.24, 2.45) is 0 Å². The summed E-state index contributed by atoms with van der Waals surface area (Å²) in [6.07, 6.45) is 1.59. The van der Waals surface area contributed by atoms with Gasteiger partial charge in [0, 0.05) is 32.3 Å². The molecule has 0 aliphatic rings. The highest BCUT2D eigenvalue weighted by Crippen LogP contribution is 2.21. The average Bonchev–Trinajstić information content (AvgIpc) is 2.72. The van der Waals surface area contributed by atoms with Crippen LogP contribution in [0.4, 0.5) is 0 Å². The largest absolute Gasteiger partial charge is 0.355 e. The Hall–Kier alpha value is -0.490. The van der Waals surface area contributed by atoms with Crippen molar-refractivity contribution in [1.29, 1.82) is 0 Å². The molecule has 1 aromatic rings. The Morgan fingerprint density at radius 1 is 1.47 bits per heavy atom. The first-order chi connectivity index (χ1) is 7.10. The lowest BCUT2D eigenvalue weighted by Crippen LogP contribution is -2.42. The van der Waals surface area contributed by atoms with Gasteiger partial charge < -0.3 is 14.8 Å². The Morgan fingerprint density at radius 2 is 2.13 bits per heavy atom. The van der Waals surface area contributed by atoms with E-state index in [0.29, 0.717) is 6.54 Å². The van der Waals surface area contributed by atoms with E-state index < -0.39 is 0 Å². The van der Waals surface area contributed by atoms with E-state index in [1.165, 1.54) is 0 Å². The Labute approximate surface area is 94.6 Å². The first kappa shape index (κ1) is 12.6. The minimum Gasteiger partial charge on any atom is -0.355 e. The van der Waals surface area contributed by atoms with E-state index in [1.54, 1.807) is 25.6 Å². The summed E-state index contributed by atoms with van der Waals surface area (Å²) in [4.78, 5) is 4.29. The van der Waals surface area contributed by atoms with Gasteiger partial charge in [0.05, 0.1) is 5.54 Å². The van der Waals surface area contributed by atoms with Gasteiger partial charge in [-0.05, 0) is 13.8 Å². The molecular weight excluding hydrogens is 212 g/mol. The molecule has 15 heavy (non-hydrogen) atoms. The van der Waals surface area contributed by atoms with Gasteiger partial charge in [0.15, 0.2) is 6.29 Å². The first-order valence-corrected chi connectivity index (χ1v) is 5.68. The van der Waals surface area contributed by atoms with Crippen molar-refractivity contribution in [3.8, 4) is 0 Å². The molecule has 1 rings (SSSR count). The Balaban J connectivity index is 2.50. The lowest BCUT2D eigenvalue weighted by molar-refractivity contribution is -0.102. The van der Waals surface area contributed by atoms with E-state index in [9.17, 15) is 0 Å². The molecule has 0 aliphatic carbocycles. The van der Waals surface area contributed by atoms with Crippen molar-refractivity contribution < 1.29 is 9.47 Å². The van der Waals surface area contributed by atoms with Crippen LogP contribution in [0.5, 0.6) is 0 Å². The standard InChI is InChI=1S/C10H18N2O2S/c1-10(2,9-11-5-6-15-9)12-7-8(13-3)14-4/h5-6,8,12H,7H2,1-4H3. The van der Waals surface area contributed by atoms with Crippen LogP contribution in [-0.4, -0.2) is 32.0 Å². The summed E-state index contributed by atoms with van der Waals surface area (Å²) in [7, 11) is 3.26. The van der Waals surface area contributed by atoms with Crippen LogP contribution in [0.15, 0.2) is 11.6 Å². The van der Waals surface area contributed by atoms with Crippen LogP contribution in [0, 0.1) is 0 Å². The Kier molecular flexibility index (Phi) is 4.66. The van der Waals surface area contributed by atoms with Crippen LogP contribution in [0.3, 0.4) is 0 Å². The zero-order valence-electron chi connectivity index (χ0n) is 9.61. The first-order valence-electron chi connectivity index (χ1n) is 4.80. The number of hydrogen-bond acceptors (Lipinski definition) is 5. The van der Waals surface area contributed by atoms with Crippen LogP contribution in [0.1, 0.15) is 18.9 Å². The Bertz CT molecular complexity index is 271. The third-order valence-corrected chi connectivity index (χ3v) is 3.30. The minimum absolute atomic E-state index is 0.149. The van der Waals surface area contributed by atoms with Crippen molar-refractivity contribution in [2.75, 3.05) is 20.8 Å². The van der Waals surface area contributed by atoms with Crippen LogP contribution in [0.25, 0.3) is 0 Å². The Morgan fingerprint density at radius 3 is 2.60 bits per heavy atom. The van der Waals surface area contributed by atoms with Gasteiger partial charge in [0.2, 0.25) is 0 Å². The number of methoxy groups -OCH3 is 2. The lowest BCUT2D eigenvalue weighted by Gasteiger charge is -2.26. The zero-order valence-corrected chi connectivity index (χ0v) is 10.4. The molecule has 0 bridgehead atoms. The zero-order chi connectivity index (χ0) is 11.3. The predicted octanol–water partition coefficient (Wildman–Crippen LogP) is 1.59. The maximum absolute atomic E-state index is 5.11. The summed E-state index contributed by atoms with van der Waals surface area (Å²) in [5, 5.41) is 6.40. The monoisotopic (exact) mass is 230 g/mol. The fourth-order valence-electron chi connectivity index (χ4n) is 1.21. The maximum Gasteiger partial charge on any atom is 0.169 e. The van der Waals surface area contributed by atoms with E-state index in [2.05, 4.69) is 24.1 Å². The van der Waals surface area contributed by atoms with Crippen LogP contribution in [-0.2, 0) is 15.0 Å². The molecule has 86 valence electrons. The summed E-state index contributed by atoms with van der Waals surface area (Å²) < 4.78 is 10.2. The number of hydrogen-bond donors (Lipinski definition) is 1. The van der Waals surface area contributed by atoms with Crippen LogP contribution in [0.2, 0.25) is 0 Å². The summed E-state index contributed by atoms with van der Waals surface area (Å²) in [6.45, 7) is 4.82. The van der Waals surface area contributed by atoms with Gasteiger partial charge in [-0.25, -0.2) is 4.98 Å². The lowest BCUT2D eigenvalue weighted by atomic mass is 10.1. The van der Waals surface area contributed by atoms with Crippen LogP contribution < -0.4 is 5.32 Å². The van der Waals surface area contributed by atoms with Gasteiger partial charge in [0.25, 0.3) is 0 Å². The number of nitrogens with zero attached hydrogens (tertiary/aromatic N) is 1. The van der Waals surface area contributed by atoms with E-state index in [4.69, 9.17) is 9.47 Å². The fraction of sp³-hybridized carbons (Fsp3) is 0.700. The van der Waals surface area contributed by atoms with Crippen molar-refractivity contribution in [2.45, 2.75) is 25.7 Å². The van der Waals surface area contributed by atoms with E-state index in [-0.39, 0.29) is 11.8 Å². The van der Waals surface area contributed by atoms with Gasteiger partial charge in [-0.15, -0.1) is 11.3 Å². The van der Waals surface area contributed by atoms with Crippen LogP contribution >= 0.6 is 11.3 Å². The SMILES string of the molecule is COC(CNC(C)(C)c1nccs1)OC. The summed E-state index contributed by atoms with van der Waals surface area (Å²) in [5.74, 6) is 0. The molecule has 0 atom stereocenters. The third kappa shape index (κ3) is 3.53. The number of ether oxygens (including phenoxy) is 2. The fourth-order valence-corrected chi connectivity index (χ4v) is 1.95. The molecule has 0 unspecified atom stereocenters. The van der Waals surface area contributed by atoms with Crippen molar-refractivity contribution >= 4 is 11.3 Å². The number of rotatable bonds is 6. The van der Waals surface area contributed by atoms with Crippen molar-refractivity contribution in [3.05, 3.63) is 16.6 Å². The molecule has 1 N–H and O–H groups in total. The van der Waals surface area contributed by atoms with E-state index >= 15 is 0 Å². The van der Waals surface area contributed by atoms with Gasteiger partial charge in [-0.2, -0.15) is 0 Å². The highest BCUT2D eigenvalue weighted by atomic mass is 32.1. The molecule has 0 amide bonds. The summed E-state index contributed by atoms with van der Waals surface area (Å²) in [6, 6.07) is 0. The normalized spacial score (nSPS) is 12.3. The molecular formula is C10H18N2O2S. The summed E-state index contributed by atoms with van der Waals surface area (Å²) >= 11 is 1.64. The van der Waals surface area contributed by atoms with Gasteiger partial charge in [-0.3, -0.25) is 0 Å². The second kappa shape index (κ2) is 5.55. The molecule has 0 aromatic carbocycles. The van der Waals surface area contributed by atoms with Gasteiger partial charge in [-0.1, -0.05) is 0 Å². The number of nitrogens with one attached hydrogen (secondary N) is 1. The minimum atomic E-state index is -0.218. The molecule has 0 radical (unpaired) electrons. The molecule has 0 aliphatic heterocycles. The highest BCUT2D eigenvalue weighted by molar-refractivity contribution is 7.09. The molecule has 0 fully saturated rings. The van der Waals surface area contributed by atoms with Crippen molar-refractivity contribution in [3.63, 3.8) is 0 Å².